The van der Waals surface area contributed by atoms with Crippen molar-refractivity contribution in [1.82, 2.24) is 5.32 Å². The van der Waals surface area contributed by atoms with Gasteiger partial charge in [0.25, 0.3) is 0 Å². The van der Waals surface area contributed by atoms with Gasteiger partial charge in [0.1, 0.15) is 11.5 Å². The van der Waals surface area contributed by atoms with Crippen molar-refractivity contribution >= 4 is 23.2 Å². The minimum absolute atomic E-state index is 0.104. The number of anilines is 1. The third kappa shape index (κ3) is 5.27. The molecule has 1 aromatic rings. The number of ether oxygens (including phenoxy) is 3. The Morgan fingerprint density at radius 3 is 2.78 bits per heavy atom. The fourth-order valence-corrected chi connectivity index (χ4v) is 2.67. The minimum atomic E-state index is -0.104. The lowest BCUT2D eigenvalue weighted by molar-refractivity contribution is -0.116. The number of methoxy groups -OCH3 is 2. The summed E-state index contributed by atoms with van der Waals surface area (Å²) in [6.45, 7) is 2.22. The summed E-state index contributed by atoms with van der Waals surface area (Å²) < 4.78 is 15.9. The molecule has 1 atom stereocenters. The monoisotopic (exact) mass is 342 g/mol. The lowest BCUT2D eigenvalue weighted by atomic mass is 10.2. The third-order valence-electron chi connectivity index (χ3n) is 3.67. The summed E-state index contributed by atoms with van der Waals surface area (Å²) in [6.07, 6.45) is 2.84. The van der Waals surface area contributed by atoms with Gasteiger partial charge in [0.2, 0.25) is 5.91 Å². The van der Waals surface area contributed by atoms with Crippen molar-refractivity contribution < 1.29 is 19.0 Å². The van der Waals surface area contributed by atoms with Crippen molar-refractivity contribution in [3.05, 3.63) is 17.2 Å². The van der Waals surface area contributed by atoms with Gasteiger partial charge in [0.05, 0.1) is 31.0 Å². The second-order valence-corrected chi connectivity index (χ2v) is 5.73. The molecule has 1 aliphatic heterocycles. The van der Waals surface area contributed by atoms with E-state index in [0.29, 0.717) is 35.2 Å². The van der Waals surface area contributed by atoms with Crippen LogP contribution < -0.4 is 20.1 Å². The number of carbonyl (C=O) groups is 1. The minimum Gasteiger partial charge on any atom is -0.495 e. The number of carbonyl (C=O) groups excluding carboxylic acids is 1. The average Bonchev–Trinajstić information content (AvgIpc) is 3.06. The molecule has 6 nitrogen and oxygen atoms in total. The van der Waals surface area contributed by atoms with Gasteiger partial charge in [-0.2, -0.15) is 0 Å². The molecule has 0 radical (unpaired) electrons. The number of rotatable bonds is 8. The molecule has 1 amide bonds. The lowest BCUT2D eigenvalue weighted by Crippen LogP contribution is -2.29. The van der Waals surface area contributed by atoms with Gasteiger partial charge in [0.15, 0.2) is 0 Å². The first-order valence-corrected chi connectivity index (χ1v) is 8.05. The molecule has 1 unspecified atom stereocenters. The molecule has 0 aliphatic carbocycles. The zero-order chi connectivity index (χ0) is 16.7. The van der Waals surface area contributed by atoms with Gasteiger partial charge in [-0.1, -0.05) is 11.6 Å². The van der Waals surface area contributed by atoms with Crippen LogP contribution in [0, 0.1) is 0 Å². The van der Waals surface area contributed by atoms with Crippen LogP contribution in [0.25, 0.3) is 0 Å². The van der Waals surface area contributed by atoms with Crippen LogP contribution in [0.4, 0.5) is 5.69 Å². The molecular formula is C16H23ClN2O4. The zero-order valence-electron chi connectivity index (χ0n) is 13.5. The molecule has 0 saturated carbocycles. The Kier molecular flexibility index (Phi) is 6.95. The van der Waals surface area contributed by atoms with Crippen molar-refractivity contribution in [3.8, 4) is 11.5 Å². The fraction of sp³-hybridized carbons (Fsp3) is 0.562. The highest BCUT2D eigenvalue weighted by Gasteiger charge is 2.15. The van der Waals surface area contributed by atoms with Crippen LogP contribution >= 0.6 is 11.6 Å². The van der Waals surface area contributed by atoms with Gasteiger partial charge in [-0.3, -0.25) is 4.79 Å². The van der Waals surface area contributed by atoms with Crippen molar-refractivity contribution in [1.29, 1.82) is 0 Å². The molecule has 2 rings (SSSR count). The van der Waals surface area contributed by atoms with E-state index in [1.807, 2.05) is 0 Å². The fourth-order valence-electron chi connectivity index (χ4n) is 2.44. The molecule has 1 fully saturated rings. The number of benzene rings is 1. The van der Waals surface area contributed by atoms with Crippen LogP contribution in [0.2, 0.25) is 5.02 Å². The maximum atomic E-state index is 12.0. The second kappa shape index (κ2) is 8.96. The maximum Gasteiger partial charge on any atom is 0.225 e. The predicted octanol–water partition coefficient (Wildman–Crippen LogP) is 2.45. The Morgan fingerprint density at radius 2 is 2.13 bits per heavy atom. The van der Waals surface area contributed by atoms with E-state index in [9.17, 15) is 4.79 Å². The number of halogens is 1. The quantitative estimate of drug-likeness (QED) is 0.710. The van der Waals surface area contributed by atoms with Crippen molar-refractivity contribution in [2.24, 2.45) is 0 Å². The van der Waals surface area contributed by atoms with Gasteiger partial charge in [-0.25, -0.2) is 0 Å². The molecular weight excluding hydrogens is 320 g/mol. The molecule has 128 valence electrons. The second-order valence-electron chi connectivity index (χ2n) is 5.32. The van der Waals surface area contributed by atoms with Gasteiger partial charge >= 0.3 is 0 Å². The van der Waals surface area contributed by atoms with Crippen molar-refractivity contribution in [2.75, 3.05) is 39.2 Å². The van der Waals surface area contributed by atoms with Crippen LogP contribution in [-0.4, -0.2) is 45.9 Å². The number of nitrogens with one attached hydrogen (secondary N) is 2. The SMILES string of the molecule is COc1cc(NC(=O)CCNCC2CCCO2)c(OC)cc1Cl. The Labute approximate surface area is 141 Å². The summed E-state index contributed by atoms with van der Waals surface area (Å²) in [5, 5.41) is 6.49. The van der Waals surface area contributed by atoms with E-state index in [2.05, 4.69) is 10.6 Å². The van der Waals surface area contributed by atoms with E-state index >= 15 is 0 Å². The normalized spacial score (nSPS) is 17.1. The third-order valence-corrected chi connectivity index (χ3v) is 3.97. The topological polar surface area (TPSA) is 68.8 Å². The summed E-state index contributed by atoms with van der Waals surface area (Å²) in [4.78, 5) is 12.0. The Balaban J connectivity index is 1.81. The summed E-state index contributed by atoms with van der Waals surface area (Å²) >= 11 is 6.04. The van der Waals surface area contributed by atoms with Gasteiger partial charge < -0.3 is 24.8 Å². The van der Waals surface area contributed by atoms with Crippen LogP contribution in [0.1, 0.15) is 19.3 Å². The molecule has 0 aromatic heterocycles. The van der Waals surface area contributed by atoms with Crippen LogP contribution in [0.5, 0.6) is 11.5 Å². The molecule has 1 heterocycles. The summed E-state index contributed by atoms with van der Waals surface area (Å²) in [7, 11) is 3.05. The summed E-state index contributed by atoms with van der Waals surface area (Å²) in [5.74, 6) is 0.878. The molecule has 1 aromatic carbocycles. The van der Waals surface area contributed by atoms with E-state index in [1.165, 1.54) is 14.2 Å². The predicted molar refractivity (Wildman–Crippen MR) is 89.6 cm³/mol. The standard InChI is InChI=1S/C16H23ClN2O4/c1-21-14-9-13(15(22-2)8-12(14)17)19-16(20)5-6-18-10-11-4-3-7-23-11/h8-9,11,18H,3-7,10H2,1-2H3,(H,19,20). The highest BCUT2D eigenvalue weighted by Crippen LogP contribution is 2.35. The smallest absolute Gasteiger partial charge is 0.225 e. The highest BCUT2D eigenvalue weighted by atomic mass is 35.5. The molecule has 1 aliphatic rings. The van der Waals surface area contributed by atoms with Crippen molar-refractivity contribution in [2.45, 2.75) is 25.4 Å². The Hall–Kier alpha value is -1.50. The summed E-state index contributed by atoms with van der Waals surface area (Å²) in [5.41, 5.74) is 0.540. The largest absolute Gasteiger partial charge is 0.495 e. The Morgan fingerprint density at radius 1 is 1.35 bits per heavy atom. The molecule has 1 saturated heterocycles. The number of amides is 1. The van der Waals surface area contributed by atoms with Crippen LogP contribution in [0.15, 0.2) is 12.1 Å². The van der Waals surface area contributed by atoms with E-state index in [4.69, 9.17) is 25.8 Å². The van der Waals surface area contributed by atoms with Crippen LogP contribution in [-0.2, 0) is 9.53 Å². The molecule has 0 bridgehead atoms. The van der Waals surface area contributed by atoms with E-state index < -0.39 is 0 Å². The van der Waals surface area contributed by atoms with E-state index in [1.54, 1.807) is 12.1 Å². The van der Waals surface area contributed by atoms with Gasteiger partial charge in [-0.05, 0) is 12.8 Å². The number of hydrogen-bond acceptors (Lipinski definition) is 5. The molecule has 2 N–H and O–H groups in total. The summed E-state index contributed by atoms with van der Waals surface area (Å²) in [6, 6.07) is 3.27. The first kappa shape index (κ1) is 17.8. The molecule has 0 spiro atoms. The van der Waals surface area contributed by atoms with Gasteiger partial charge in [0, 0.05) is 38.2 Å². The maximum absolute atomic E-state index is 12.0. The Bertz CT molecular complexity index is 533. The molecule has 23 heavy (non-hydrogen) atoms. The molecule has 7 heteroatoms. The van der Waals surface area contributed by atoms with E-state index in [0.717, 1.165) is 26.0 Å². The average molecular weight is 343 g/mol. The first-order chi connectivity index (χ1) is 11.1. The van der Waals surface area contributed by atoms with Crippen LogP contribution in [0.3, 0.4) is 0 Å². The highest BCUT2D eigenvalue weighted by molar-refractivity contribution is 6.32. The van der Waals surface area contributed by atoms with E-state index in [-0.39, 0.29) is 12.0 Å². The lowest BCUT2D eigenvalue weighted by Gasteiger charge is -2.14. The first-order valence-electron chi connectivity index (χ1n) is 7.67. The van der Waals surface area contributed by atoms with Crippen molar-refractivity contribution in [3.63, 3.8) is 0 Å². The number of hydrogen-bond donors (Lipinski definition) is 2. The van der Waals surface area contributed by atoms with Gasteiger partial charge in [-0.15, -0.1) is 0 Å². The zero-order valence-corrected chi connectivity index (χ0v) is 14.2.